The minimum absolute atomic E-state index is 0. The van der Waals surface area contributed by atoms with Crippen LogP contribution in [0.2, 0.25) is 0 Å². The summed E-state index contributed by atoms with van der Waals surface area (Å²) in [7, 11) is -4.58. The summed E-state index contributed by atoms with van der Waals surface area (Å²) in [5.74, 6) is -3.91. The van der Waals surface area contributed by atoms with E-state index in [4.69, 9.17) is 14.0 Å². The zero-order valence-corrected chi connectivity index (χ0v) is 16.6. The number of rotatable bonds is 12. The molecule has 0 saturated heterocycles. The molecule has 0 atom stereocenters. The Morgan fingerprint density at radius 2 is 1.39 bits per heavy atom. The monoisotopic (exact) mass is 430 g/mol. The number of carbonyl (C=O) groups excluding carboxylic acids is 3. The molecule has 0 spiro atoms. The van der Waals surface area contributed by atoms with E-state index in [1.54, 1.807) is 0 Å². The van der Waals surface area contributed by atoms with Crippen molar-refractivity contribution in [3.05, 3.63) is 24.3 Å². The summed E-state index contributed by atoms with van der Waals surface area (Å²) in [5, 5.41) is 0. The molecule has 0 heterocycles. The van der Waals surface area contributed by atoms with Gasteiger partial charge in [-0.3, -0.25) is 9.35 Å². The summed E-state index contributed by atoms with van der Waals surface area (Å²) >= 11 is 0. The molecule has 9 nitrogen and oxygen atoms in total. The Morgan fingerprint density at radius 3 is 1.71 bits per heavy atom. The summed E-state index contributed by atoms with van der Waals surface area (Å²) in [6.45, 7) is 10.5. The van der Waals surface area contributed by atoms with Crippen LogP contribution < -0.4 is 0 Å². The molecule has 0 fully saturated rings. The molecule has 0 aromatic rings. The SMILES string of the molecule is C=C(C)C(=O)OCC(CCCC)(COC(=O)C(=C)C)C(=O)OCS(=O)(=O)O.[NaH]. The van der Waals surface area contributed by atoms with Crippen LogP contribution in [0, 0.1) is 5.41 Å². The molecule has 0 aliphatic heterocycles. The minimum atomic E-state index is -4.58. The van der Waals surface area contributed by atoms with Crippen LogP contribution in [-0.2, 0) is 38.7 Å². The molecule has 0 aromatic heterocycles. The van der Waals surface area contributed by atoms with Gasteiger partial charge in [0.1, 0.15) is 18.6 Å². The first kappa shape index (κ1) is 29.0. The second-order valence-corrected chi connectivity index (χ2v) is 7.63. The van der Waals surface area contributed by atoms with Crippen molar-refractivity contribution in [3.8, 4) is 0 Å². The molecule has 0 bridgehead atoms. The van der Waals surface area contributed by atoms with Gasteiger partial charge in [0.2, 0.25) is 5.94 Å². The Balaban J connectivity index is 0. The molecule has 0 amide bonds. The van der Waals surface area contributed by atoms with Gasteiger partial charge >= 0.3 is 57.6 Å². The van der Waals surface area contributed by atoms with Crippen LogP contribution in [0.3, 0.4) is 0 Å². The van der Waals surface area contributed by atoms with Crippen LogP contribution in [-0.4, -0.2) is 79.6 Å². The van der Waals surface area contributed by atoms with Crippen molar-refractivity contribution in [2.45, 2.75) is 40.0 Å². The van der Waals surface area contributed by atoms with E-state index in [-0.39, 0.29) is 47.1 Å². The molecule has 0 rings (SSSR count). The van der Waals surface area contributed by atoms with Crippen LogP contribution in [0.25, 0.3) is 0 Å². The van der Waals surface area contributed by atoms with E-state index in [0.717, 1.165) is 0 Å². The topological polar surface area (TPSA) is 133 Å². The van der Waals surface area contributed by atoms with E-state index >= 15 is 0 Å². The Hall–Kier alpha value is -1.20. The van der Waals surface area contributed by atoms with Gasteiger partial charge in [0, 0.05) is 11.1 Å². The first-order chi connectivity index (χ1) is 12.3. The molecule has 0 saturated carbocycles. The number of hydrogen-bond acceptors (Lipinski definition) is 8. The average molecular weight is 430 g/mol. The Kier molecular flexibility index (Phi) is 13.6. The van der Waals surface area contributed by atoms with Gasteiger partial charge in [-0.2, -0.15) is 8.42 Å². The van der Waals surface area contributed by atoms with Crippen molar-refractivity contribution in [1.82, 2.24) is 0 Å². The van der Waals surface area contributed by atoms with E-state index in [9.17, 15) is 22.8 Å². The molecule has 0 aromatic carbocycles. The molecular weight excluding hydrogens is 403 g/mol. The summed E-state index contributed by atoms with van der Waals surface area (Å²) in [6, 6.07) is 0. The van der Waals surface area contributed by atoms with Crippen molar-refractivity contribution in [2.24, 2.45) is 5.41 Å². The van der Waals surface area contributed by atoms with Crippen LogP contribution in [0.1, 0.15) is 40.0 Å². The van der Waals surface area contributed by atoms with Crippen molar-refractivity contribution in [1.29, 1.82) is 0 Å². The van der Waals surface area contributed by atoms with Crippen molar-refractivity contribution >= 4 is 57.6 Å². The van der Waals surface area contributed by atoms with E-state index in [1.165, 1.54) is 13.8 Å². The van der Waals surface area contributed by atoms with E-state index < -0.39 is 52.6 Å². The zero-order valence-electron chi connectivity index (χ0n) is 15.8. The second-order valence-electron chi connectivity index (χ2n) is 6.23. The van der Waals surface area contributed by atoms with E-state index in [2.05, 4.69) is 17.9 Å². The summed E-state index contributed by atoms with van der Waals surface area (Å²) in [5.41, 5.74) is -1.47. The van der Waals surface area contributed by atoms with Gasteiger partial charge < -0.3 is 14.2 Å². The fourth-order valence-electron chi connectivity index (χ4n) is 1.86. The molecule has 0 unspecified atom stereocenters. The van der Waals surface area contributed by atoms with E-state index in [0.29, 0.717) is 12.8 Å². The summed E-state index contributed by atoms with van der Waals surface area (Å²) in [4.78, 5) is 36.0. The number of hydrogen-bond donors (Lipinski definition) is 1. The van der Waals surface area contributed by atoms with Crippen LogP contribution in [0.4, 0.5) is 0 Å². The molecule has 0 aliphatic carbocycles. The Morgan fingerprint density at radius 1 is 0.964 bits per heavy atom. The van der Waals surface area contributed by atoms with Crippen LogP contribution in [0.5, 0.6) is 0 Å². The third-order valence-corrected chi connectivity index (χ3v) is 3.85. The summed E-state index contributed by atoms with van der Waals surface area (Å²) < 4.78 is 45.3. The van der Waals surface area contributed by atoms with E-state index in [1.807, 2.05) is 6.92 Å². The molecule has 0 aliphatic rings. The summed E-state index contributed by atoms with van der Waals surface area (Å²) in [6.07, 6.45) is 1.20. The number of carbonyl (C=O) groups is 3. The van der Waals surface area contributed by atoms with Crippen molar-refractivity contribution in [2.75, 3.05) is 19.2 Å². The predicted octanol–water partition coefficient (Wildman–Crippen LogP) is 1.14. The maximum atomic E-state index is 12.6. The molecule has 0 radical (unpaired) electrons. The third-order valence-electron chi connectivity index (χ3n) is 3.44. The van der Waals surface area contributed by atoms with Gasteiger partial charge in [0.15, 0.2) is 0 Å². The van der Waals surface area contributed by atoms with Crippen molar-refractivity contribution < 1.29 is 41.6 Å². The van der Waals surface area contributed by atoms with Crippen LogP contribution >= 0.6 is 0 Å². The van der Waals surface area contributed by atoms with Gasteiger partial charge in [-0.25, -0.2) is 9.59 Å². The van der Waals surface area contributed by atoms with Crippen molar-refractivity contribution in [3.63, 3.8) is 0 Å². The zero-order chi connectivity index (χ0) is 21.3. The first-order valence-electron chi connectivity index (χ1n) is 8.12. The maximum absolute atomic E-state index is 12.6. The fraction of sp³-hybridized carbons (Fsp3) is 0.588. The second kappa shape index (κ2) is 13.1. The molecule has 1 N–H and O–H groups in total. The fourth-order valence-corrected chi connectivity index (χ4v) is 2.11. The molecular formula is C17H27NaO9S. The standard InChI is InChI=1S/C17H26O9S.Na.H/c1-6-7-8-17(9-24-14(18)12(2)3,10-25-15(19)13(4)5)16(20)26-11-27(21,22)23;;/h2,4,6-11H2,1,3,5H3,(H,21,22,23);;. The molecule has 156 valence electrons. The predicted molar refractivity (Wildman–Crippen MR) is 103 cm³/mol. The quantitative estimate of drug-likeness (QED) is 0.159. The average Bonchev–Trinajstić information content (AvgIpc) is 2.57. The van der Waals surface area contributed by atoms with Gasteiger partial charge in [-0.1, -0.05) is 32.9 Å². The Bertz CT molecular complexity index is 667. The van der Waals surface area contributed by atoms with Gasteiger partial charge in [-0.05, 0) is 20.3 Å². The Labute approximate surface area is 187 Å². The van der Waals surface area contributed by atoms with Crippen LogP contribution in [0.15, 0.2) is 24.3 Å². The molecule has 28 heavy (non-hydrogen) atoms. The number of unbranched alkanes of at least 4 members (excludes halogenated alkanes) is 1. The number of ether oxygens (including phenoxy) is 3. The van der Waals surface area contributed by atoms with Gasteiger partial charge in [0.05, 0.1) is 0 Å². The van der Waals surface area contributed by atoms with Gasteiger partial charge in [-0.15, -0.1) is 0 Å². The third kappa shape index (κ3) is 11.0. The molecule has 11 heteroatoms. The number of esters is 3. The normalized spacial score (nSPS) is 11.0. The first-order valence-corrected chi connectivity index (χ1v) is 9.73. The van der Waals surface area contributed by atoms with Gasteiger partial charge in [0.25, 0.3) is 0 Å².